The standard InChI is InChI=1S/C6H6N3.Li/c7-9-8-6-4-2-1-3-5-6;/h1-2,4-5H,(H2,7,8);. The molecule has 1 rings (SSSR count). The minimum absolute atomic E-state index is 0.794. The monoisotopic (exact) mass is 127 g/mol. The molecule has 0 saturated heterocycles. The van der Waals surface area contributed by atoms with Crippen LogP contribution < -0.4 is 10.1 Å². The van der Waals surface area contributed by atoms with Crippen LogP contribution in [0.5, 0.6) is 0 Å². The van der Waals surface area contributed by atoms with Crippen LogP contribution >= 0.6 is 0 Å². The maximum atomic E-state index is 4.87. The van der Waals surface area contributed by atoms with E-state index in [1.807, 2.05) is 42.0 Å². The van der Waals surface area contributed by atoms with E-state index in [1.165, 1.54) is 0 Å². The van der Waals surface area contributed by atoms with Crippen molar-refractivity contribution in [3.05, 3.63) is 24.3 Å². The van der Waals surface area contributed by atoms with Gasteiger partial charge < -0.3 is 0 Å². The summed E-state index contributed by atoms with van der Waals surface area (Å²) in [6, 6.07) is 7.68. The van der Waals surface area contributed by atoms with Crippen molar-refractivity contribution in [1.82, 2.24) is 0 Å². The van der Waals surface area contributed by atoms with Crippen LogP contribution in [-0.4, -0.2) is 17.7 Å². The Kier molecular flexibility index (Phi) is 2.49. The van der Waals surface area contributed by atoms with Crippen molar-refractivity contribution < 1.29 is 0 Å². The SMILES string of the molecule is [Li][c]1cccc(N=NN)c1. The molecule has 0 bridgehead atoms. The molecule has 0 atom stereocenters. The molecule has 10 heavy (non-hydrogen) atoms. The average molecular weight is 127 g/mol. The third-order valence-corrected chi connectivity index (χ3v) is 1.17. The summed E-state index contributed by atoms with van der Waals surface area (Å²) in [5, 5.41) is 6.84. The van der Waals surface area contributed by atoms with Crippen molar-refractivity contribution >= 4 is 27.6 Å². The quantitative estimate of drug-likeness (QED) is 0.253. The van der Waals surface area contributed by atoms with Crippen LogP contribution in [0.2, 0.25) is 0 Å². The van der Waals surface area contributed by atoms with Gasteiger partial charge in [0.1, 0.15) is 0 Å². The van der Waals surface area contributed by atoms with Crippen molar-refractivity contribution in [1.29, 1.82) is 0 Å². The van der Waals surface area contributed by atoms with Crippen LogP contribution in [0.1, 0.15) is 0 Å². The Balaban J connectivity index is 2.95. The predicted molar refractivity (Wildman–Crippen MR) is 40.5 cm³/mol. The van der Waals surface area contributed by atoms with Gasteiger partial charge in [-0.15, -0.1) is 0 Å². The summed E-state index contributed by atoms with van der Waals surface area (Å²) in [5.74, 6) is 4.87. The molecular weight excluding hydrogens is 121 g/mol. The second kappa shape index (κ2) is 3.40. The number of nitrogens with zero attached hydrogens (tertiary/aromatic N) is 2. The summed E-state index contributed by atoms with van der Waals surface area (Å²) in [7, 11) is 0. The van der Waals surface area contributed by atoms with E-state index in [-0.39, 0.29) is 0 Å². The number of benzene rings is 1. The van der Waals surface area contributed by atoms with Crippen molar-refractivity contribution in [3.8, 4) is 0 Å². The third-order valence-electron chi connectivity index (χ3n) is 1.17. The van der Waals surface area contributed by atoms with Gasteiger partial charge in [0.15, 0.2) is 0 Å². The molecule has 4 heteroatoms. The Hall–Kier alpha value is -0.783. The first-order chi connectivity index (χ1) is 4.83. The molecule has 0 aromatic heterocycles. The zero-order valence-electron chi connectivity index (χ0n) is 5.78. The molecule has 46 valence electrons. The molecule has 0 fully saturated rings. The molecule has 0 heterocycles. The third kappa shape index (κ3) is 1.87. The van der Waals surface area contributed by atoms with Crippen molar-refractivity contribution in [2.45, 2.75) is 0 Å². The second-order valence-corrected chi connectivity index (χ2v) is 2.05. The van der Waals surface area contributed by atoms with E-state index in [1.54, 1.807) is 0 Å². The summed E-state index contributed by atoms with van der Waals surface area (Å²) >= 11 is 2.00. The van der Waals surface area contributed by atoms with Gasteiger partial charge >= 0.3 is 68.1 Å². The van der Waals surface area contributed by atoms with Gasteiger partial charge in [0.25, 0.3) is 0 Å². The summed E-state index contributed by atoms with van der Waals surface area (Å²) < 4.78 is 1.16. The first-order valence-corrected chi connectivity index (χ1v) is 3.00. The number of hydrogen-bond donors (Lipinski definition) is 1. The van der Waals surface area contributed by atoms with E-state index in [0.717, 1.165) is 9.92 Å². The van der Waals surface area contributed by atoms with E-state index in [4.69, 9.17) is 5.84 Å². The van der Waals surface area contributed by atoms with Gasteiger partial charge in [0.2, 0.25) is 0 Å². The van der Waals surface area contributed by atoms with E-state index in [0.29, 0.717) is 0 Å². The van der Waals surface area contributed by atoms with Gasteiger partial charge in [-0.3, -0.25) is 0 Å². The minimum atomic E-state index is 0.794. The first kappa shape index (κ1) is 7.33. The fourth-order valence-corrected chi connectivity index (χ4v) is 0.757. The molecule has 1 aromatic rings. The Labute approximate surface area is 68.5 Å². The normalized spacial score (nSPS) is 10.6. The van der Waals surface area contributed by atoms with Crippen molar-refractivity contribution in [2.75, 3.05) is 0 Å². The average Bonchev–Trinajstić information content (AvgIpc) is 1.88. The molecule has 0 spiro atoms. The van der Waals surface area contributed by atoms with Crippen LogP contribution in [0, 0.1) is 0 Å². The molecule has 0 radical (unpaired) electrons. The van der Waals surface area contributed by atoms with Gasteiger partial charge in [-0.2, -0.15) is 0 Å². The van der Waals surface area contributed by atoms with Gasteiger partial charge in [-0.05, 0) is 0 Å². The molecule has 0 unspecified atom stereocenters. The Morgan fingerprint density at radius 1 is 1.40 bits per heavy atom. The van der Waals surface area contributed by atoms with Gasteiger partial charge in [-0.25, -0.2) is 0 Å². The number of nitrogens with two attached hydrogens (primary N) is 1. The Morgan fingerprint density at radius 2 is 2.20 bits per heavy atom. The Morgan fingerprint density at radius 3 is 2.80 bits per heavy atom. The molecule has 0 amide bonds. The molecule has 0 aliphatic heterocycles. The number of rotatable bonds is 1. The van der Waals surface area contributed by atoms with Crippen LogP contribution in [-0.2, 0) is 0 Å². The molecule has 1 aromatic carbocycles. The van der Waals surface area contributed by atoms with E-state index < -0.39 is 0 Å². The molecule has 0 aliphatic carbocycles. The molecule has 0 aliphatic rings. The predicted octanol–water partition coefficient (Wildman–Crippen LogP) is 0.438. The van der Waals surface area contributed by atoms with E-state index >= 15 is 0 Å². The summed E-state index contributed by atoms with van der Waals surface area (Å²) in [4.78, 5) is 0. The molecule has 2 N–H and O–H groups in total. The van der Waals surface area contributed by atoms with E-state index in [9.17, 15) is 0 Å². The number of hydrogen-bond acceptors (Lipinski definition) is 2. The first-order valence-electron chi connectivity index (χ1n) is 3.00. The fourth-order valence-electron chi connectivity index (χ4n) is 0.757. The second-order valence-electron chi connectivity index (χ2n) is 2.05. The Bertz CT molecular complexity index is 247. The van der Waals surface area contributed by atoms with Crippen LogP contribution in [0.3, 0.4) is 0 Å². The fraction of sp³-hybridized carbons (Fsp3) is 0. The van der Waals surface area contributed by atoms with Gasteiger partial charge in [0.05, 0.1) is 0 Å². The summed E-state index contributed by atoms with van der Waals surface area (Å²) in [6.07, 6.45) is 0. The topological polar surface area (TPSA) is 50.7 Å². The zero-order valence-corrected chi connectivity index (χ0v) is 5.78. The van der Waals surface area contributed by atoms with Crippen LogP contribution in [0.25, 0.3) is 0 Å². The summed E-state index contributed by atoms with van der Waals surface area (Å²) in [5.41, 5.74) is 0.794. The van der Waals surface area contributed by atoms with Crippen LogP contribution in [0.4, 0.5) is 5.69 Å². The van der Waals surface area contributed by atoms with Crippen molar-refractivity contribution in [2.24, 2.45) is 16.2 Å². The van der Waals surface area contributed by atoms with E-state index in [2.05, 4.69) is 10.3 Å². The van der Waals surface area contributed by atoms with Crippen LogP contribution in [0.15, 0.2) is 34.6 Å². The molecular formula is C6H6LiN3. The van der Waals surface area contributed by atoms with Gasteiger partial charge in [-0.1, -0.05) is 0 Å². The van der Waals surface area contributed by atoms with Crippen molar-refractivity contribution in [3.63, 3.8) is 0 Å². The molecule has 0 saturated carbocycles. The molecule has 3 nitrogen and oxygen atoms in total. The maximum absolute atomic E-state index is 4.87. The van der Waals surface area contributed by atoms with Gasteiger partial charge in [0, 0.05) is 0 Å². The zero-order chi connectivity index (χ0) is 7.40. The summed E-state index contributed by atoms with van der Waals surface area (Å²) in [6.45, 7) is 0.